The largest absolute Gasteiger partial charge is 0.492 e. The van der Waals surface area contributed by atoms with Gasteiger partial charge in [0.15, 0.2) is 0 Å². The van der Waals surface area contributed by atoms with E-state index in [-0.39, 0.29) is 17.5 Å². The minimum Gasteiger partial charge on any atom is -0.492 e. The Labute approximate surface area is 134 Å². The summed E-state index contributed by atoms with van der Waals surface area (Å²) in [6, 6.07) is 3.24. The van der Waals surface area contributed by atoms with Crippen LogP contribution in [-0.2, 0) is 16.4 Å². The molecule has 1 unspecified atom stereocenters. The third kappa shape index (κ3) is 3.97. The average molecular weight is 377 g/mol. The first-order valence-electron chi connectivity index (χ1n) is 7.15. The van der Waals surface area contributed by atoms with Crippen LogP contribution in [0.5, 0.6) is 5.75 Å². The van der Waals surface area contributed by atoms with Gasteiger partial charge in [-0.2, -0.15) is 0 Å². The fraction of sp³-hybridized carbons (Fsp3) is 0.571. The Kier molecular flexibility index (Phi) is 5.65. The molecule has 1 aliphatic heterocycles. The van der Waals surface area contributed by atoms with E-state index in [2.05, 4.69) is 27.6 Å². The maximum Gasteiger partial charge on any atom is 0.244 e. The van der Waals surface area contributed by atoms with E-state index < -0.39 is 10.0 Å². The minimum atomic E-state index is -3.63. The highest BCUT2D eigenvalue weighted by Crippen LogP contribution is 2.35. The number of sulfonamides is 1. The summed E-state index contributed by atoms with van der Waals surface area (Å²) in [6.45, 7) is 2.87. The predicted octanol–water partition coefficient (Wildman–Crippen LogP) is 2.18. The minimum absolute atomic E-state index is 0.194. The molecule has 1 aromatic rings. The van der Waals surface area contributed by atoms with Crippen LogP contribution in [0.15, 0.2) is 21.5 Å². The number of halogens is 1. The summed E-state index contributed by atoms with van der Waals surface area (Å²) < 4.78 is 34.2. The van der Waals surface area contributed by atoms with Gasteiger partial charge in [-0.05, 0) is 18.6 Å². The number of rotatable bonds is 7. The van der Waals surface area contributed by atoms with Crippen molar-refractivity contribution in [1.82, 2.24) is 4.72 Å². The Bertz CT molecular complexity index is 604. The second-order valence-corrected chi connectivity index (χ2v) is 7.78. The van der Waals surface area contributed by atoms with Crippen LogP contribution >= 0.6 is 15.9 Å². The molecule has 1 atom stereocenters. The van der Waals surface area contributed by atoms with Crippen molar-refractivity contribution in [2.45, 2.75) is 43.5 Å². The van der Waals surface area contributed by atoms with Crippen LogP contribution in [0.4, 0.5) is 0 Å². The molecule has 0 saturated carbocycles. The van der Waals surface area contributed by atoms with Crippen molar-refractivity contribution < 1.29 is 13.2 Å². The monoisotopic (exact) mass is 376 g/mol. The molecule has 0 spiro atoms. The Morgan fingerprint density at radius 1 is 1.48 bits per heavy atom. The zero-order chi connectivity index (χ0) is 15.5. The molecule has 1 aliphatic rings. The summed E-state index contributed by atoms with van der Waals surface area (Å²) >= 11 is 3.36. The van der Waals surface area contributed by atoms with E-state index in [4.69, 9.17) is 10.5 Å². The molecule has 2 rings (SSSR count). The predicted molar refractivity (Wildman–Crippen MR) is 86.0 cm³/mol. The molecule has 0 fully saturated rings. The molecule has 3 N–H and O–H groups in total. The number of hydrogen-bond acceptors (Lipinski definition) is 4. The van der Waals surface area contributed by atoms with E-state index in [0.29, 0.717) is 12.4 Å². The van der Waals surface area contributed by atoms with Gasteiger partial charge in [0.05, 0.1) is 6.61 Å². The van der Waals surface area contributed by atoms with Crippen LogP contribution in [0.1, 0.15) is 31.7 Å². The van der Waals surface area contributed by atoms with Crippen LogP contribution in [0.3, 0.4) is 0 Å². The highest BCUT2D eigenvalue weighted by molar-refractivity contribution is 9.10. The molecule has 21 heavy (non-hydrogen) atoms. The number of unbranched alkanes of at least 4 members (excludes halogenated alkanes) is 1. The van der Waals surface area contributed by atoms with Crippen molar-refractivity contribution in [2.24, 2.45) is 5.73 Å². The maximum absolute atomic E-state index is 12.6. The molecule has 0 saturated heterocycles. The first-order valence-corrected chi connectivity index (χ1v) is 9.43. The van der Waals surface area contributed by atoms with Gasteiger partial charge in [-0.3, -0.25) is 0 Å². The maximum atomic E-state index is 12.6. The van der Waals surface area contributed by atoms with Gasteiger partial charge in [0, 0.05) is 29.0 Å². The smallest absolute Gasteiger partial charge is 0.244 e. The van der Waals surface area contributed by atoms with E-state index >= 15 is 0 Å². The zero-order valence-electron chi connectivity index (χ0n) is 12.1. The summed E-state index contributed by atoms with van der Waals surface area (Å²) in [7, 11) is -3.63. The molecule has 7 heteroatoms. The summed E-state index contributed by atoms with van der Waals surface area (Å²) in [4.78, 5) is 0.194. The summed E-state index contributed by atoms with van der Waals surface area (Å²) in [5.74, 6) is 0.469. The second-order valence-electron chi connectivity index (χ2n) is 5.19. The van der Waals surface area contributed by atoms with E-state index in [1.165, 1.54) is 0 Å². The van der Waals surface area contributed by atoms with E-state index in [0.717, 1.165) is 35.7 Å². The highest BCUT2D eigenvalue weighted by atomic mass is 79.9. The van der Waals surface area contributed by atoms with Gasteiger partial charge in [-0.15, -0.1) is 0 Å². The van der Waals surface area contributed by atoms with Gasteiger partial charge in [0.1, 0.15) is 10.6 Å². The third-order valence-electron chi connectivity index (χ3n) is 3.52. The first kappa shape index (κ1) is 16.7. The Balaban J connectivity index is 2.27. The number of nitrogens with one attached hydrogen (secondary N) is 1. The molecular formula is C14H21BrN2O3S. The lowest BCUT2D eigenvalue weighted by Gasteiger charge is -2.18. The molecule has 5 nitrogen and oxygen atoms in total. The Morgan fingerprint density at radius 2 is 2.24 bits per heavy atom. The molecule has 0 aliphatic carbocycles. The molecule has 0 bridgehead atoms. The van der Waals surface area contributed by atoms with Gasteiger partial charge in [-0.25, -0.2) is 13.1 Å². The fourth-order valence-electron chi connectivity index (χ4n) is 2.39. The van der Waals surface area contributed by atoms with Crippen molar-refractivity contribution in [2.75, 3.05) is 13.2 Å². The summed E-state index contributed by atoms with van der Waals surface area (Å²) in [5, 5.41) is 0. The molecular weight excluding hydrogens is 356 g/mol. The van der Waals surface area contributed by atoms with Crippen molar-refractivity contribution in [1.29, 1.82) is 0 Å². The number of nitrogens with two attached hydrogens (primary N) is 1. The zero-order valence-corrected chi connectivity index (χ0v) is 14.5. The van der Waals surface area contributed by atoms with Gasteiger partial charge in [0.25, 0.3) is 0 Å². The van der Waals surface area contributed by atoms with Crippen LogP contribution in [0.25, 0.3) is 0 Å². The van der Waals surface area contributed by atoms with Crippen LogP contribution in [-0.4, -0.2) is 27.6 Å². The lowest BCUT2D eigenvalue weighted by atomic mass is 10.1. The van der Waals surface area contributed by atoms with Crippen molar-refractivity contribution in [3.05, 3.63) is 22.2 Å². The van der Waals surface area contributed by atoms with Crippen molar-refractivity contribution >= 4 is 26.0 Å². The van der Waals surface area contributed by atoms with Gasteiger partial charge in [-0.1, -0.05) is 35.7 Å². The lowest BCUT2D eigenvalue weighted by molar-refractivity contribution is 0.348. The molecule has 1 heterocycles. The number of fused-ring (bicyclic) bond motifs is 1. The average Bonchev–Trinajstić information content (AvgIpc) is 2.90. The van der Waals surface area contributed by atoms with Crippen LogP contribution in [0, 0.1) is 0 Å². The van der Waals surface area contributed by atoms with E-state index in [1.807, 2.05) is 6.07 Å². The first-order chi connectivity index (χ1) is 9.97. The molecule has 118 valence electrons. The lowest BCUT2D eigenvalue weighted by Crippen LogP contribution is -2.40. The Morgan fingerprint density at radius 3 is 2.90 bits per heavy atom. The third-order valence-corrected chi connectivity index (χ3v) is 5.50. The summed E-state index contributed by atoms with van der Waals surface area (Å²) in [5.41, 5.74) is 6.59. The number of ether oxygens (including phenoxy) is 1. The standard InChI is InChI=1S/C14H21BrN2O3S/c1-2-3-4-12(9-16)17-21(18,19)13-8-11(15)7-10-5-6-20-14(10)13/h7-8,12,17H,2-6,9,16H2,1H3. The van der Waals surface area contributed by atoms with Crippen molar-refractivity contribution in [3.63, 3.8) is 0 Å². The van der Waals surface area contributed by atoms with E-state index in [9.17, 15) is 8.42 Å². The normalized spacial score (nSPS) is 15.6. The number of hydrogen-bond donors (Lipinski definition) is 2. The van der Waals surface area contributed by atoms with Crippen LogP contribution < -0.4 is 15.2 Å². The number of benzene rings is 1. The second kappa shape index (κ2) is 7.09. The fourth-order valence-corrected chi connectivity index (χ4v) is 4.55. The molecule has 0 amide bonds. The quantitative estimate of drug-likeness (QED) is 0.763. The van der Waals surface area contributed by atoms with Crippen molar-refractivity contribution in [3.8, 4) is 5.75 Å². The SMILES string of the molecule is CCCCC(CN)NS(=O)(=O)c1cc(Br)cc2c1OCC2. The topological polar surface area (TPSA) is 81.4 Å². The van der Waals surface area contributed by atoms with Gasteiger partial charge >= 0.3 is 0 Å². The highest BCUT2D eigenvalue weighted by Gasteiger charge is 2.27. The Hall–Kier alpha value is -0.630. The molecule has 1 aromatic carbocycles. The van der Waals surface area contributed by atoms with E-state index in [1.54, 1.807) is 6.07 Å². The van der Waals surface area contributed by atoms with Gasteiger partial charge in [0.2, 0.25) is 10.0 Å². The van der Waals surface area contributed by atoms with Crippen LogP contribution in [0.2, 0.25) is 0 Å². The molecule has 0 radical (unpaired) electrons. The molecule has 0 aromatic heterocycles. The summed E-state index contributed by atoms with van der Waals surface area (Å²) in [6.07, 6.45) is 3.42. The van der Waals surface area contributed by atoms with Gasteiger partial charge < -0.3 is 10.5 Å².